The highest BCUT2D eigenvalue weighted by molar-refractivity contribution is 6.31. The standard InChI is InChI=1S/C15H22ClNO2/c1-4-15(3,10-18)17-14(19)8-7-12-6-5-11(2)13(16)9-12/h5-6,9,18H,4,7-8,10H2,1-3H3,(H,17,19). The summed E-state index contributed by atoms with van der Waals surface area (Å²) in [6.07, 6.45) is 1.75. The van der Waals surface area contributed by atoms with Gasteiger partial charge in [0, 0.05) is 11.4 Å². The monoisotopic (exact) mass is 283 g/mol. The summed E-state index contributed by atoms with van der Waals surface area (Å²) in [7, 11) is 0. The van der Waals surface area contributed by atoms with Gasteiger partial charge in [0.25, 0.3) is 0 Å². The van der Waals surface area contributed by atoms with Crippen molar-refractivity contribution in [1.82, 2.24) is 5.32 Å². The summed E-state index contributed by atoms with van der Waals surface area (Å²) in [5.41, 5.74) is 1.56. The van der Waals surface area contributed by atoms with Crippen LogP contribution in [0.25, 0.3) is 0 Å². The molecule has 1 amide bonds. The lowest BCUT2D eigenvalue weighted by molar-refractivity contribution is -0.123. The fourth-order valence-corrected chi connectivity index (χ4v) is 1.89. The molecule has 2 N–H and O–H groups in total. The van der Waals surface area contributed by atoms with E-state index < -0.39 is 5.54 Å². The number of benzene rings is 1. The molecule has 0 saturated carbocycles. The molecule has 1 unspecified atom stereocenters. The minimum Gasteiger partial charge on any atom is -0.394 e. The third-order valence-electron chi connectivity index (χ3n) is 3.45. The number of carbonyl (C=O) groups excluding carboxylic acids is 1. The first-order chi connectivity index (χ1) is 8.90. The number of aryl methyl sites for hydroxylation is 2. The van der Waals surface area contributed by atoms with Crippen LogP contribution in [0.4, 0.5) is 0 Å². The van der Waals surface area contributed by atoms with Gasteiger partial charge in [0.1, 0.15) is 0 Å². The van der Waals surface area contributed by atoms with Gasteiger partial charge in [0.2, 0.25) is 5.91 Å². The van der Waals surface area contributed by atoms with Crippen molar-refractivity contribution >= 4 is 17.5 Å². The molecule has 106 valence electrons. The van der Waals surface area contributed by atoms with Gasteiger partial charge in [-0.15, -0.1) is 0 Å². The average molecular weight is 284 g/mol. The van der Waals surface area contributed by atoms with Crippen molar-refractivity contribution in [3.63, 3.8) is 0 Å². The van der Waals surface area contributed by atoms with Crippen LogP contribution in [-0.4, -0.2) is 23.2 Å². The Hall–Kier alpha value is -1.06. The summed E-state index contributed by atoms with van der Waals surface area (Å²) in [6, 6.07) is 5.84. The quantitative estimate of drug-likeness (QED) is 0.843. The molecule has 1 rings (SSSR count). The predicted octanol–water partition coefficient (Wildman–Crippen LogP) is 2.86. The van der Waals surface area contributed by atoms with Crippen molar-refractivity contribution in [3.8, 4) is 0 Å². The second kappa shape index (κ2) is 6.92. The van der Waals surface area contributed by atoms with Crippen molar-refractivity contribution in [1.29, 1.82) is 0 Å². The summed E-state index contributed by atoms with van der Waals surface area (Å²) >= 11 is 6.05. The number of nitrogens with one attached hydrogen (secondary N) is 1. The Balaban J connectivity index is 2.52. The molecule has 0 spiro atoms. The molecule has 19 heavy (non-hydrogen) atoms. The lowest BCUT2D eigenvalue weighted by Crippen LogP contribution is -2.48. The van der Waals surface area contributed by atoms with Crippen LogP contribution >= 0.6 is 11.6 Å². The molecule has 3 nitrogen and oxygen atoms in total. The van der Waals surface area contributed by atoms with Crippen LogP contribution in [0.15, 0.2) is 18.2 Å². The van der Waals surface area contributed by atoms with Crippen LogP contribution in [0.2, 0.25) is 5.02 Å². The SMILES string of the molecule is CCC(C)(CO)NC(=O)CCc1ccc(C)c(Cl)c1. The van der Waals surface area contributed by atoms with Gasteiger partial charge < -0.3 is 10.4 Å². The van der Waals surface area contributed by atoms with Crippen LogP contribution in [-0.2, 0) is 11.2 Å². The third kappa shape index (κ3) is 4.84. The van der Waals surface area contributed by atoms with E-state index in [-0.39, 0.29) is 12.5 Å². The zero-order valence-electron chi connectivity index (χ0n) is 11.8. The summed E-state index contributed by atoms with van der Waals surface area (Å²) in [6.45, 7) is 5.68. The lowest BCUT2D eigenvalue weighted by atomic mass is 9.99. The van der Waals surface area contributed by atoms with E-state index in [1.807, 2.05) is 39.0 Å². The molecule has 1 atom stereocenters. The summed E-state index contributed by atoms with van der Waals surface area (Å²) in [5, 5.41) is 12.8. The zero-order chi connectivity index (χ0) is 14.5. The normalized spacial score (nSPS) is 13.9. The first-order valence-corrected chi connectivity index (χ1v) is 6.95. The van der Waals surface area contributed by atoms with Crippen LogP contribution in [0.5, 0.6) is 0 Å². The van der Waals surface area contributed by atoms with E-state index in [0.717, 1.165) is 16.1 Å². The van der Waals surface area contributed by atoms with Crippen molar-refractivity contribution in [2.75, 3.05) is 6.61 Å². The van der Waals surface area contributed by atoms with E-state index in [9.17, 15) is 9.90 Å². The largest absolute Gasteiger partial charge is 0.394 e. The number of hydrogen-bond donors (Lipinski definition) is 2. The Bertz CT molecular complexity index is 442. The van der Waals surface area contributed by atoms with Gasteiger partial charge in [-0.1, -0.05) is 30.7 Å². The highest BCUT2D eigenvalue weighted by atomic mass is 35.5. The van der Waals surface area contributed by atoms with Gasteiger partial charge in [0.15, 0.2) is 0 Å². The van der Waals surface area contributed by atoms with Gasteiger partial charge in [-0.3, -0.25) is 4.79 Å². The van der Waals surface area contributed by atoms with Crippen LogP contribution in [0.3, 0.4) is 0 Å². The van der Waals surface area contributed by atoms with E-state index in [1.165, 1.54) is 0 Å². The van der Waals surface area contributed by atoms with E-state index in [2.05, 4.69) is 5.32 Å². The third-order valence-corrected chi connectivity index (χ3v) is 3.85. The molecule has 0 aromatic heterocycles. The second-order valence-electron chi connectivity index (χ2n) is 5.20. The minimum absolute atomic E-state index is 0.0462. The highest BCUT2D eigenvalue weighted by Crippen LogP contribution is 2.17. The lowest BCUT2D eigenvalue weighted by Gasteiger charge is -2.27. The number of amides is 1. The van der Waals surface area contributed by atoms with Gasteiger partial charge in [-0.25, -0.2) is 0 Å². The molecule has 1 aromatic rings. The van der Waals surface area contributed by atoms with Gasteiger partial charge in [0.05, 0.1) is 12.1 Å². The second-order valence-corrected chi connectivity index (χ2v) is 5.61. The Morgan fingerprint density at radius 1 is 1.47 bits per heavy atom. The number of aliphatic hydroxyl groups excluding tert-OH is 1. The Morgan fingerprint density at radius 3 is 2.68 bits per heavy atom. The molecule has 0 heterocycles. The molecule has 0 radical (unpaired) electrons. The molecular formula is C15H22ClNO2. The van der Waals surface area contributed by atoms with Gasteiger partial charge in [-0.05, 0) is 43.9 Å². The molecule has 0 bridgehead atoms. The number of hydrogen-bond acceptors (Lipinski definition) is 2. The highest BCUT2D eigenvalue weighted by Gasteiger charge is 2.22. The molecule has 0 aliphatic rings. The molecule has 0 saturated heterocycles. The van der Waals surface area contributed by atoms with Gasteiger partial charge in [-0.2, -0.15) is 0 Å². The fraction of sp³-hybridized carbons (Fsp3) is 0.533. The Labute approximate surface area is 120 Å². The molecular weight excluding hydrogens is 262 g/mol. The maximum atomic E-state index is 11.8. The first-order valence-electron chi connectivity index (χ1n) is 6.57. The number of halogens is 1. The first kappa shape index (κ1) is 16.0. The van der Waals surface area contributed by atoms with E-state index in [1.54, 1.807) is 0 Å². The summed E-state index contributed by atoms with van der Waals surface area (Å²) in [4.78, 5) is 11.8. The molecule has 1 aromatic carbocycles. The van der Waals surface area contributed by atoms with E-state index >= 15 is 0 Å². The molecule has 0 fully saturated rings. The topological polar surface area (TPSA) is 49.3 Å². The summed E-state index contributed by atoms with van der Waals surface area (Å²) in [5.74, 6) is -0.0462. The average Bonchev–Trinajstić information content (AvgIpc) is 2.40. The maximum absolute atomic E-state index is 11.8. The molecule has 4 heteroatoms. The van der Waals surface area contributed by atoms with Crippen molar-refractivity contribution in [3.05, 3.63) is 34.3 Å². The number of rotatable bonds is 6. The summed E-state index contributed by atoms with van der Waals surface area (Å²) < 4.78 is 0. The van der Waals surface area contributed by atoms with Crippen LogP contribution < -0.4 is 5.32 Å². The van der Waals surface area contributed by atoms with E-state index in [4.69, 9.17) is 11.6 Å². The Morgan fingerprint density at radius 2 is 2.16 bits per heavy atom. The van der Waals surface area contributed by atoms with Gasteiger partial charge >= 0.3 is 0 Å². The molecule has 0 aliphatic carbocycles. The van der Waals surface area contributed by atoms with Crippen LogP contribution in [0.1, 0.15) is 37.8 Å². The predicted molar refractivity (Wildman–Crippen MR) is 78.4 cm³/mol. The molecule has 0 aliphatic heterocycles. The fourth-order valence-electron chi connectivity index (χ4n) is 1.69. The Kier molecular flexibility index (Phi) is 5.83. The van der Waals surface area contributed by atoms with E-state index in [0.29, 0.717) is 19.3 Å². The van der Waals surface area contributed by atoms with Crippen molar-refractivity contribution < 1.29 is 9.90 Å². The maximum Gasteiger partial charge on any atom is 0.220 e. The van der Waals surface area contributed by atoms with Crippen LogP contribution in [0, 0.1) is 6.92 Å². The smallest absolute Gasteiger partial charge is 0.220 e. The minimum atomic E-state index is -0.526. The zero-order valence-corrected chi connectivity index (χ0v) is 12.5. The number of aliphatic hydroxyl groups is 1. The van der Waals surface area contributed by atoms with Crippen molar-refractivity contribution in [2.45, 2.75) is 45.6 Å². The number of carbonyl (C=O) groups is 1. The van der Waals surface area contributed by atoms with Crippen molar-refractivity contribution in [2.24, 2.45) is 0 Å².